The van der Waals surface area contributed by atoms with Crippen LogP contribution in [0.4, 0.5) is 27.8 Å². The number of nitrogens with two attached hydrogens (primary N) is 1. The van der Waals surface area contributed by atoms with Crippen LogP contribution in [0, 0.1) is 29.1 Å². The number of nitrogens with zero attached hydrogens (tertiary/aromatic N) is 2. The van der Waals surface area contributed by atoms with Gasteiger partial charge in [-0.2, -0.15) is 0 Å². The molecule has 1 aromatic heterocycles. The Morgan fingerprint density at radius 1 is 1.00 bits per heavy atom. The Morgan fingerprint density at radius 3 is 2.04 bits per heavy atom. The molecule has 4 nitrogen and oxygen atoms in total. The van der Waals surface area contributed by atoms with E-state index in [-0.39, 0.29) is 18.3 Å². The van der Waals surface area contributed by atoms with Crippen LogP contribution in [-0.4, -0.2) is 23.1 Å². The molecule has 3 rings (SSSR count). The first kappa shape index (κ1) is 16.7. The van der Waals surface area contributed by atoms with Gasteiger partial charge in [-0.15, -0.1) is 0 Å². The number of rotatable bonds is 3. The zero-order valence-corrected chi connectivity index (χ0v) is 12.5. The minimum Gasteiger partial charge on any atom is -0.368 e. The molecule has 2 heterocycles. The molecule has 1 aliphatic heterocycles. The average Bonchev–Trinajstić information content (AvgIpc) is 3.02. The molecule has 9 heteroatoms. The van der Waals surface area contributed by atoms with Crippen molar-refractivity contribution in [2.75, 3.05) is 18.8 Å². The summed E-state index contributed by atoms with van der Waals surface area (Å²) < 4.78 is 71.8. The summed E-state index contributed by atoms with van der Waals surface area (Å²) in [6.07, 6.45) is 1.22. The van der Waals surface area contributed by atoms with Gasteiger partial charge >= 0.3 is 0 Å². The summed E-state index contributed by atoms with van der Waals surface area (Å²) in [4.78, 5) is 1.64. The molecule has 1 aromatic carbocycles. The van der Waals surface area contributed by atoms with Gasteiger partial charge in [-0.3, -0.25) is 4.90 Å². The molecule has 1 aliphatic rings. The van der Waals surface area contributed by atoms with Crippen molar-refractivity contribution >= 4 is 5.88 Å². The van der Waals surface area contributed by atoms with E-state index >= 15 is 0 Å². The topological polar surface area (TPSA) is 55.3 Å². The summed E-state index contributed by atoms with van der Waals surface area (Å²) in [6.45, 7) is 0.507. The molecule has 130 valence electrons. The lowest BCUT2D eigenvalue weighted by Crippen LogP contribution is -2.33. The Morgan fingerprint density at radius 2 is 1.54 bits per heavy atom. The molecule has 1 saturated heterocycles. The van der Waals surface area contributed by atoms with Gasteiger partial charge in [0.2, 0.25) is 11.7 Å². The van der Waals surface area contributed by atoms with Crippen molar-refractivity contribution in [3.05, 3.63) is 46.4 Å². The molecule has 0 aliphatic carbocycles. The van der Waals surface area contributed by atoms with Crippen molar-refractivity contribution in [3.8, 4) is 0 Å². The monoisotopic (exact) mass is 347 g/mol. The van der Waals surface area contributed by atoms with Crippen LogP contribution in [0.15, 0.2) is 10.6 Å². The van der Waals surface area contributed by atoms with Crippen LogP contribution in [0.25, 0.3) is 0 Å². The maximum atomic E-state index is 13.7. The minimum atomic E-state index is -2.14. The van der Waals surface area contributed by atoms with Gasteiger partial charge in [-0.1, -0.05) is 5.16 Å². The second-order valence-corrected chi connectivity index (χ2v) is 5.75. The molecule has 0 saturated carbocycles. The Balaban J connectivity index is 1.71. The van der Waals surface area contributed by atoms with E-state index in [1.54, 1.807) is 11.0 Å². The van der Waals surface area contributed by atoms with E-state index in [0.717, 1.165) is 0 Å². The Labute approximate surface area is 134 Å². The number of piperidine rings is 1. The molecule has 24 heavy (non-hydrogen) atoms. The third-order valence-electron chi connectivity index (χ3n) is 4.23. The summed E-state index contributed by atoms with van der Waals surface area (Å²) in [5, 5.41) is 3.83. The maximum absolute atomic E-state index is 13.7. The largest absolute Gasteiger partial charge is 0.368 e. The van der Waals surface area contributed by atoms with Gasteiger partial charge in [-0.05, 0) is 25.9 Å². The lowest BCUT2D eigenvalue weighted by molar-refractivity contribution is 0.194. The molecule has 0 unspecified atom stereocenters. The highest BCUT2D eigenvalue weighted by molar-refractivity contribution is 5.27. The maximum Gasteiger partial charge on any atom is 0.222 e. The molecule has 0 spiro atoms. The van der Waals surface area contributed by atoms with Crippen molar-refractivity contribution in [2.45, 2.75) is 25.3 Å². The lowest BCUT2D eigenvalue weighted by atomic mass is 9.93. The van der Waals surface area contributed by atoms with Crippen molar-refractivity contribution < 1.29 is 26.5 Å². The Hall–Kier alpha value is -2.16. The molecule has 2 N–H and O–H groups in total. The van der Waals surface area contributed by atoms with Crippen molar-refractivity contribution in [1.29, 1.82) is 0 Å². The van der Waals surface area contributed by atoms with E-state index in [9.17, 15) is 22.0 Å². The number of aromatic nitrogens is 1. The molecular formula is C15H14F5N3O. The average molecular weight is 347 g/mol. The van der Waals surface area contributed by atoms with Crippen molar-refractivity contribution in [2.24, 2.45) is 0 Å². The molecular weight excluding hydrogens is 333 g/mol. The van der Waals surface area contributed by atoms with Crippen LogP contribution in [0.5, 0.6) is 0 Å². The number of nitrogen functional groups attached to an aromatic ring is 1. The summed E-state index contributed by atoms with van der Waals surface area (Å²) in [5.41, 5.74) is 5.35. The van der Waals surface area contributed by atoms with Gasteiger partial charge in [0.05, 0.1) is 5.69 Å². The number of hydrogen-bond acceptors (Lipinski definition) is 4. The smallest absolute Gasteiger partial charge is 0.222 e. The van der Waals surface area contributed by atoms with Gasteiger partial charge in [-0.25, -0.2) is 22.0 Å². The van der Waals surface area contributed by atoms with Crippen LogP contribution in [0.3, 0.4) is 0 Å². The predicted octanol–water partition coefficient (Wildman–Crippen LogP) is 3.33. The van der Waals surface area contributed by atoms with Gasteiger partial charge < -0.3 is 10.3 Å². The van der Waals surface area contributed by atoms with Crippen molar-refractivity contribution in [3.63, 3.8) is 0 Å². The Bertz CT molecular complexity index is 727. The Kier molecular flexibility index (Phi) is 4.44. The highest BCUT2D eigenvalue weighted by Crippen LogP contribution is 2.30. The van der Waals surface area contributed by atoms with Crippen LogP contribution in [-0.2, 0) is 6.54 Å². The molecule has 0 amide bonds. The fraction of sp³-hybridized carbons (Fsp3) is 0.400. The van der Waals surface area contributed by atoms with Gasteiger partial charge in [0, 0.05) is 24.1 Å². The zero-order chi connectivity index (χ0) is 17.4. The number of halogens is 5. The van der Waals surface area contributed by atoms with E-state index in [1.165, 1.54) is 0 Å². The number of hydrogen-bond donors (Lipinski definition) is 1. The van der Waals surface area contributed by atoms with E-state index in [0.29, 0.717) is 31.6 Å². The van der Waals surface area contributed by atoms with Crippen molar-refractivity contribution in [1.82, 2.24) is 10.1 Å². The standard InChI is InChI=1S/C15H14F5N3O/c16-11-8(12(17)14(19)15(20)13(11)18)6-23-3-1-7(2-4-23)9-5-10(21)24-22-9/h5,7H,1-4,6,21H2. The summed E-state index contributed by atoms with van der Waals surface area (Å²) in [5.74, 6) is -9.26. The summed E-state index contributed by atoms with van der Waals surface area (Å²) in [7, 11) is 0. The summed E-state index contributed by atoms with van der Waals surface area (Å²) in [6, 6.07) is 1.62. The van der Waals surface area contributed by atoms with E-state index in [1.807, 2.05) is 0 Å². The highest BCUT2D eigenvalue weighted by Gasteiger charge is 2.29. The second-order valence-electron chi connectivity index (χ2n) is 5.75. The zero-order valence-electron chi connectivity index (χ0n) is 12.5. The first-order valence-electron chi connectivity index (χ1n) is 7.33. The number of likely N-dealkylation sites (tertiary alicyclic amines) is 1. The first-order valence-corrected chi connectivity index (χ1v) is 7.33. The van der Waals surface area contributed by atoms with E-state index in [2.05, 4.69) is 5.16 Å². The molecule has 1 fully saturated rings. The van der Waals surface area contributed by atoms with E-state index in [4.69, 9.17) is 10.3 Å². The van der Waals surface area contributed by atoms with Gasteiger partial charge in [0.1, 0.15) is 0 Å². The highest BCUT2D eigenvalue weighted by atomic mass is 19.2. The third-order valence-corrected chi connectivity index (χ3v) is 4.23. The predicted molar refractivity (Wildman–Crippen MR) is 74.4 cm³/mol. The van der Waals surface area contributed by atoms with Crippen LogP contribution < -0.4 is 5.73 Å². The SMILES string of the molecule is Nc1cc(C2CCN(Cc3c(F)c(F)c(F)c(F)c3F)CC2)no1. The van der Waals surface area contributed by atoms with Gasteiger partial charge in [0.25, 0.3) is 0 Å². The minimum absolute atomic E-state index is 0.0821. The molecule has 2 aromatic rings. The number of benzene rings is 1. The molecule has 0 radical (unpaired) electrons. The lowest BCUT2D eigenvalue weighted by Gasteiger charge is -2.31. The quantitative estimate of drug-likeness (QED) is 0.526. The van der Waals surface area contributed by atoms with Crippen LogP contribution in [0.1, 0.15) is 30.0 Å². The molecule has 0 atom stereocenters. The molecule has 0 bridgehead atoms. The fourth-order valence-electron chi connectivity index (χ4n) is 2.90. The van der Waals surface area contributed by atoms with Gasteiger partial charge in [0.15, 0.2) is 23.3 Å². The fourth-order valence-corrected chi connectivity index (χ4v) is 2.90. The van der Waals surface area contributed by atoms with Crippen LogP contribution in [0.2, 0.25) is 0 Å². The normalized spacial score (nSPS) is 16.7. The second kappa shape index (κ2) is 6.39. The summed E-state index contributed by atoms with van der Waals surface area (Å²) >= 11 is 0. The number of anilines is 1. The van der Waals surface area contributed by atoms with E-state index < -0.39 is 34.6 Å². The van der Waals surface area contributed by atoms with Crippen LogP contribution >= 0.6 is 0 Å². The first-order chi connectivity index (χ1) is 11.4. The third kappa shape index (κ3) is 2.95.